The van der Waals surface area contributed by atoms with Crippen molar-refractivity contribution in [1.29, 1.82) is 0 Å². The number of nitrogens with zero attached hydrogens (tertiary/aromatic N) is 1. The Morgan fingerprint density at radius 2 is 1.80 bits per heavy atom. The SMILES string of the molecule is CN(C)c1ccc(NC(=O)COC(=O)COc2cccc(Cl)c2)cc1. The van der Waals surface area contributed by atoms with Gasteiger partial charge < -0.3 is 19.7 Å². The van der Waals surface area contributed by atoms with E-state index in [1.807, 2.05) is 31.1 Å². The van der Waals surface area contributed by atoms with Crippen LogP contribution in [-0.4, -0.2) is 39.2 Å². The molecule has 0 aliphatic rings. The van der Waals surface area contributed by atoms with Crippen molar-refractivity contribution < 1.29 is 19.1 Å². The van der Waals surface area contributed by atoms with E-state index < -0.39 is 11.9 Å². The molecule has 132 valence electrons. The summed E-state index contributed by atoms with van der Waals surface area (Å²) in [5.74, 6) is -0.610. The first kappa shape index (κ1) is 18.6. The topological polar surface area (TPSA) is 67.9 Å². The molecule has 1 N–H and O–H groups in total. The van der Waals surface area contributed by atoms with Gasteiger partial charge in [0.15, 0.2) is 13.2 Å². The lowest BCUT2D eigenvalue weighted by Crippen LogP contribution is -2.23. The molecule has 0 bridgehead atoms. The first-order chi connectivity index (χ1) is 11.9. The molecular formula is C18H19ClN2O4. The van der Waals surface area contributed by atoms with Crippen LogP contribution in [0.1, 0.15) is 0 Å². The highest BCUT2D eigenvalue weighted by Crippen LogP contribution is 2.17. The molecule has 2 rings (SSSR count). The third-order valence-electron chi connectivity index (χ3n) is 3.18. The second kappa shape index (κ2) is 8.94. The van der Waals surface area contributed by atoms with E-state index in [-0.39, 0.29) is 13.2 Å². The normalized spacial score (nSPS) is 10.0. The molecule has 0 aromatic heterocycles. The summed E-state index contributed by atoms with van der Waals surface area (Å²) in [5, 5.41) is 3.16. The van der Waals surface area contributed by atoms with Crippen LogP contribution in [0.15, 0.2) is 48.5 Å². The van der Waals surface area contributed by atoms with Gasteiger partial charge in [0.2, 0.25) is 0 Å². The Hall–Kier alpha value is -2.73. The molecule has 0 atom stereocenters. The average Bonchev–Trinajstić information content (AvgIpc) is 2.58. The summed E-state index contributed by atoms with van der Waals surface area (Å²) in [6.45, 7) is -0.682. The van der Waals surface area contributed by atoms with Crippen molar-refractivity contribution >= 4 is 34.9 Å². The van der Waals surface area contributed by atoms with Gasteiger partial charge in [-0.1, -0.05) is 17.7 Å². The maximum Gasteiger partial charge on any atom is 0.344 e. The van der Waals surface area contributed by atoms with Gasteiger partial charge in [0, 0.05) is 30.5 Å². The number of ether oxygens (including phenoxy) is 2. The number of rotatable bonds is 7. The van der Waals surface area contributed by atoms with E-state index in [2.05, 4.69) is 5.32 Å². The van der Waals surface area contributed by atoms with Crippen LogP contribution in [0.5, 0.6) is 5.75 Å². The Labute approximate surface area is 151 Å². The molecule has 0 aliphatic carbocycles. The minimum atomic E-state index is -0.641. The van der Waals surface area contributed by atoms with Crippen molar-refractivity contribution in [3.8, 4) is 5.75 Å². The van der Waals surface area contributed by atoms with Crippen LogP contribution < -0.4 is 15.0 Å². The van der Waals surface area contributed by atoms with Crippen LogP contribution in [0, 0.1) is 0 Å². The smallest absolute Gasteiger partial charge is 0.344 e. The van der Waals surface area contributed by atoms with Gasteiger partial charge >= 0.3 is 5.97 Å². The number of hydrogen-bond acceptors (Lipinski definition) is 5. The van der Waals surface area contributed by atoms with Crippen molar-refractivity contribution in [2.75, 3.05) is 37.5 Å². The van der Waals surface area contributed by atoms with Crippen molar-refractivity contribution in [3.63, 3.8) is 0 Å². The summed E-state index contributed by atoms with van der Waals surface area (Å²) in [6.07, 6.45) is 0. The largest absolute Gasteiger partial charge is 0.482 e. The molecule has 0 aliphatic heterocycles. The van der Waals surface area contributed by atoms with Gasteiger partial charge in [0.05, 0.1) is 0 Å². The van der Waals surface area contributed by atoms with E-state index >= 15 is 0 Å². The maximum absolute atomic E-state index is 11.8. The van der Waals surface area contributed by atoms with Crippen molar-refractivity contribution in [1.82, 2.24) is 0 Å². The molecule has 0 unspecified atom stereocenters. The molecule has 0 saturated carbocycles. The summed E-state index contributed by atoms with van der Waals surface area (Å²) >= 11 is 5.82. The predicted octanol–water partition coefficient (Wildman–Crippen LogP) is 2.97. The van der Waals surface area contributed by atoms with E-state index in [0.29, 0.717) is 16.5 Å². The van der Waals surface area contributed by atoms with Gasteiger partial charge in [-0.25, -0.2) is 4.79 Å². The summed E-state index contributed by atoms with van der Waals surface area (Å²) in [4.78, 5) is 25.4. The first-order valence-corrected chi connectivity index (χ1v) is 7.93. The summed E-state index contributed by atoms with van der Waals surface area (Å²) in [7, 11) is 3.86. The van der Waals surface area contributed by atoms with Gasteiger partial charge in [-0.15, -0.1) is 0 Å². The van der Waals surface area contributed by atoms with Gasteiger partial charge in [-0.2, -0.15) is 0 Å². The molecule has 0 radical (unpaired) electrons. The van der Waals surface area contributed by atoms with Gasteiger partial charge in [-0.05, 0) is 42.5 Å². The van der Waals surface area contributed by atoms with E-state index in [4.69, 9.17) is 21.1 Å². The third-order valence-corrected chi connectivity index (χ3v) is 3.42. The fourth-order valence-corrected chi connectivity index (χ4v) is 2.11. The molecule has 0 fully saturated rings. The summed E-state index contributed by atoms with van der Waals surface area (Å²) in [5.41, 5.74) is 1.64. The Morgan fingerprint density at radius 3 is 2.44 bits per heavy atom. The molecule has 0 spiro atoms. The summed E-state index contributed by atoms with van der Waals surface area (Å²) in [6, 6.07) is 14.0. The Bertz CT molecular complexity index is 732. The molecule has 7 heteroatoms. The molecule has 6 nitrogen and oxygen atoms in total. The predicted molar refractivity (Wildman–Crippen MR) is 97.3 cm³/mol. The van der Waals surface area contributed by atoms with Crippen LogP contribution in [-0.2, 0) is 14.3 Å². The molecule has 0 heterocycles. The lowest BCUT2D eigenvalue weighted by Gasteiger charge is -2.13. The maximum atomic E-state index is 11.8. The number of carbonyl (C=O) groups excluding carboxylic acids is 2. The number of halogens is 1. The lowest BCUT2D eigenvalue weighted by atomic mass is 10.2. The number of anilines is 2. The number of esters is 1. The monoisotopic (exact) mass is 362 g/mol. The number of nitrogens with one attached hydrogen (secondary N) is 1. The van der Waals surface area contributed by atoms with Crippen LogP contribution in [0.4, 0.5) is 11.4 Å². The summed E-state index contributed by atoms with van der Waals surface area (Å²) < 4.78 is 10.1. The second-order valence-corrected chi connectivity index (χ2v) is 5.83. The molecule has 25 heavy (non-hydrogen) atoms. The number of benzene rings is 2. The van der Waals surface area contributed by atoms with Crippen molar-refractivity contribution in [2.45, 2.75) is 0 Å². The fourth-order valence-electron chi connectivity index (χ4n) is 1.93. The van der Waals surface area contributed by atoms with Crippen LogP contribution in [0.25, 0.3) is 0 Å². The number of carbonyl (C=O) groups is 2. The Kier molecular flexibility index (Phi) is 6.65. The standard InChI is InChI=1S/C18H19ClN2O4/c1-21(2)15-8-6-14(7-9-15)20-17(22)11-25-18(23)12-24-16-5-3-4-13(19)10-16/h3-10H,11-12H2,1-2H3,(H,20,22). The minimum Gasteiger partial charge on any atom is -0.482 e. The molecule has 0 saturated heterocycles. The van der Waals surface area contributed by atoms with Crippen molar-refractivity contribution in [2.24, 2.45) is 0 Å². The molecule has 2 aromatic rings. The average molecular weight is 363 g/mol. The highest BCUT2D eigenvalue weighted by Gasteiger charge is 2.09. The zero-order valence-corrected chi connectivity index (χ0v) is 14.7. The minimum absolute atomic E-state index is 0.300. The van der Waals surface area contributed by atoms with Crippen LogP contribution >= 0.6 is 11.6 Å². The van der Waals surface area contributed by atoms with E-state index in [1.54, 1.807) is 36.4 Å². The van der Waals surface area contributed by atoms with E-state index in [9.17, 15) is 9.59 Å². The number of hydrogen-bond donors (Lipinski definition) is 1. The zero-order valence-electron chi connectivity index (χ0n) is 14.0. The molecule has 1 amide bonds. The number of amides is 1. The zero-order chi connectivity index (χ0) is 18.2. The highest BCUT2D eigenvalue weighted by atomic mass is 35.5. The fraction of sp³-hybridized carbons (Fsp3) is 0.222. The quantitative estimate of drug-likeness (QED) is 0.767. The molecule has 2 aromatic carbocycles. The molecular weight excluding hydrogens is 344 g/mol. The van der Waals surface area contributed by atoms with E-state index in [1.165, 1.54) is 0 Å². The van der Waals surface area contributed by atoms with E-state index in [0.717, 1.165) is 5.69 Å². The first-order valence-electron chi connectivity index (χ1n) is 7.55. The Balaban J connectivity index is 1.72. The second-order valence-electron chi connectivity index (χ2n) is 5.40. The Morgan fingerprint density at radius 1 is 1.08 bits per heavy atom. The van der Waals surface area contributed by atoms with Gasteiger partial charge in [0.1, 0.15) is 5.75 Å². The van der Waals surface area contributed by atoms with Gasteiger partial charge in [-0.3, -0.25) is 4.79 Å². The highest BCUT2D eigenvalue weighted by molar-refractivity contribution is 6.30. The van der Waals surface area contributed by atoms with Crippen molar-refractivity contribution in [3.05, 3.63) is 53.6 Å². The van der Waals surface area contributed by atoms with Crippen LogP contribution in [0.2, 0.25) is 5.02 Å². The van der Waals surface area contributed by atoms with Gasteiger partial charge in [0.25, 0.3) is 5.91 Å². The lowest BCUT2D eigenvalue weighted by molar-refractivity contribution is -0.149. The van der Waals surface area contributed by atoms with Crippen LogP contribution in [0.3, 0.4) is 0 Å². The third kappa shape index (κ3) is 6.35.